The SMILES string of the molecule is Cc1cc(N2CCNC(CC(=O)N(CCc3ccc(Cl)cc3)C(=O)C3CCCO3)C2)nc(-n2ccnc2)n1. The molecule has 1 aromatic carbocycles. The van der Waals surface area contributed by atoms with E-state index in [1.165, 1.54) is 4.90 Å². The van der Waals surface area contributed by atoms with E-state index in [-0.39, 0.29) is 24.3 Å². The Labute approximate surface area is 227 Å². The summed E-state index contributed by atoms with van der Waals surface area (Å²) in [6, 6.07) is 9.30. The number of piperazine rings is 1. The number of ether oxygens (including phenoxy) is 1. The topological polar surface area (TPSA) is 105 Å². The van der Waals surface area contributed by atoms with Gasteiger partial charge in [0, 0.05) is 74.4 Å². The van der Waals surface area contributed by atoms with Gasteiger partial charge in [0.1, 0.15) is 18.2 Å². The number of rotatable bonds is 8. The van der Waals surface area contributed by atoms with E-state index in [2.05, 4.69) is 20.2 Å². The lowest BCUT2D eigenvalue weighted by Gasteiger charge is -2.35. The van der Waals surface area contributed by atoms with Crippen LogP contribution in [-0.4, -0.2) is 81.2 Å². The number of hydrogen-bond donors (Lipinski definition) is 1. The van der Waals surface area contributed by atoms with Crippen molar-refractivity contribution in [3.8, 4) is 5.95 Å². The van der Waals surface area contributed by atoms with E-state index in [9.17, 15) is 9.59 Å². The van der Waals surface area contributed by atoms with Crippen molar-refractivity contribution in [3.63, 3.8) is 0 Å². The quantitative estimate of drug-likeness (QED) is 0.467. The highest BCUT2D eigenvalue weighted by atomic mass is 35.5. The summed E-state index contributed by atoms with van der Waals surface area (Å²) in [5.41, 5.74) is 1.86. The minimum Gasteiger partial charge on any atom is -0.368 e. The van der Waals surface area contributed by atoms with Gasteiger partial charge in [0.05, 0.1) is 0 Å². The molecule has 0 radical (unpaired) electrons. The molecule has 0 aliphatic carbocycles. The van der Waals surface area contributed by atoms with Gasteiger partial charge in [-0.2, -0.15) is 4.98 Å². The molecule has 3 aromatic rings. The molecular formula is C27H32ClN7O3. The van der Waals surface area contributed by atoms with Crippen molar-refractivity contribution in [2.45, 2.75) is 44.8 Å². The van der Waals surface area contributed by atoms with Crippen molar-refractivity contribution in [2.75, 3.05) is 37.7 Å². The molecule has 0 bridgehead atoms. The van der Waals surface area contributed by atoms with Gasteiger partial charge in [-0.1, -0.05) is 23.7 Å². The highest BCUT2D eigenvalue weighted by molar-refractivity contribution is 6.30. The van der Waals surface area contributed by atoms with Crippen molar-refractivity contribution < 1.29 is 14.3 Å². The average Bonchev–Trinajstić information content (AvgIpc) is 3.65. The largest absolute Gasteiger partial charge is 0.368 e. The number of nitrogens with one attached hydrogen (secondary N) is 1. The van der Waals surface area contributed by atoms with E-state index >= 15 is 0 Å². The maximum absolute atomic E-state index is 13.5. The number of amides is 2. The highest BCUT2D eigenvalue weighted by Crippen LogP contribution is 2.20. The van der Waals surface area contributed by atoms with Crippen LogP contribution < -0.4 is 10.2 Å². The number of anilines is 1. The molecule has 0 saturated carbocycles. The molecule has 2 aliphatic heterocycles. The number of carbonyl (C=O) groups is 2. The van der Waals surface area contributed by atoms with Crippen LogP contribution in [0.3, 0.4) is 0 Å². The first-order valence-corrected chi connectivity index (χ1v) is 13.4. The Morgan fingerprint density at radius 2 is 2.08 bits per heavy atom. The van der Waals surface area contributed by atoms with Crippen molar-refractivity contribution in [3.05, 3.63) is 65.3 Å². The second-order valence-corrected chi connectivity index (χ2v) is 10.1. The predicted octanol–water partition coefficient (Wildman–Crippen LogP) is 2.57. The third-order valence-electron chi connectivity index (χ3n) is 6.87. The summed E-state index contributed by atoms with van der Waals surface area (Å²) in [4.78, 5) is 43.7. The molecule has 38 heavy (non-hydrogen) atoms. The van der Waals surface area contributed by atoms with Crippen molar-refractivity contribution in [1.82, 2.24) is 29.7 Å². The molecular weight excluding hydrogens is 506 g/mol. The molecule has 2 aromatic heterocycles. The van der Waals surface area contributed by atoms with Gasteiger partial charge in [0.15, 0.2) is 0 Å². The average molecular weight is 538 g/mol. The summed E-state index contributed by atoms with van der Waals surface area (Å²) in [6.07, 6.45) is 6.85. The first-order chi connectivity index (χ1) is 18.5. The Morgan fingerprint density at radius 1 is 1.24 bits per heavy atom. The minimum absolute atomic E-state index is 0.126. The van der Waals surface area contributed by atoms with E-state index in [1.54, 1.807) is 17.1 Å². The van der Waals surface area contributed by atoms with Gasteiger partial charge in [0.2, 0.25) is 11.9 Å². The summed E-state index contributed by atoms with van der Waals surface area (Å²) in [5, 5.41) is 4.10. The van der Waals surface area contributed by atoms with Crippen molar-refractivity contribution >= 4 is 29.2 Å². The van der Waals surface area contributed by atoms with Crippen molar-refractivity contribution in [2.24, 2.45) is 0 Å². The third-order valence-corrected chi connectivity index (χ3v) is 7.13. The van der Waals surface area contributed by atoms with Crippen LogP contribution in [0.4, 0.5) is 5.82 Å². The van der Waals surface area contributed by atoms with E-state index in [1.807, 2.05) is 43.5 Å². The van der Waals surface area contributed by atoms with E-state index in [0.717, 1.165) is 30.0 Å². The number of nitrogens with zero attached hydrogens (tertiary/aromatic N) is 6. The van der Waals surface area contributed by atoms with Crippen LogP contribution >= 0.6 is 11.6 Å². The lowest BCUT2D eigenvalue weighted by molar-refractivity contribution is -0.151. The van der Waals surface area contributed by atoms with Gasteiger partial charge in [0.25, 0.3) is 5.91 Å². The van der Waals surface area contributed by atoms with Crippen LogP contribution in [0, 0.1) is 6.92 Å². The molecule has 1 N–H and O–H groups in total. The Bertz CT molecular complexity index is 1250. The van der Waals surface area contributed by atoms with Crippen LogP contribution in [0.15, 0.2) is 49.1 Å². The molecule has 4 heterocycles. The number of hydrogen-bond acceptors (Lipinski definition) is 8. The molecule has 2 unspecified atom stereocenters. The standard InChI is InChI=1S/C27H32ClN7O3/c1-19-15-24(32-27(31-19)34-12-9-29-18-34)33-13-10-30-22(17-33)16-25(36)35(26(37)23-3-2-14-38-23)11-8-20-4-6-21(28)7-5-20/h4-7,9,12,15,18,22-23,30H,2-3,8,10-11,13-14,16-17H2,1H3. The predicted molar refractivity (Wildman–Crippen MR) is 143 cm³/mol. The summed E-state index contributed by atoms with van der Waals surface area (Å²) in [5.74, 6) is 0.914. The summed E-state index contributed by atoms with van der Waals surface area (Å²) < 4.78 is 7.40. The maximum Gasteiger partial charge on any atom is 0.258 e. The van der Waals surface area contributed by atoms with Gasteiger partial charge in [-0.15, -0.1) is 0 Å². The molecule has 2 saturated heterocycles. The Kier molecular flexibility index (Phi) is 8.31. The molecule has 0 spiro atoms. The number of imide groups is 1. The highest BCUT2D eigenvalue weighted by Gasteiger charge is 2.33. The zero-order valence-corrected chi connectivity index (χ0v) is 22.2. The first kappa shape index (κ1) is 26.3. The fourth-order valence-corrected chi connectivity index (χ4v) is 5.00. The second kappa shape index (κ2) is 12.0. The van der Waals surface area contributed by atoms with Gasteiger partial charge in [-0.3, -0.25) is 19.1 Å². The lowest BCUT2D eigenvalue weighted by atomic mass is 10.1. The Balaban J connectivity index is 1.27. The van der Waals surface area contributed by atoms with Crippen molar-refractivity contribution in [1.29, 1.82) is 0 Å². The summed E-state index contributed by atoms with van der Waals surface area (Å²) >= 11 is 6.01. The monoisotopic (exact) mass is 537 g/mol. The maximum atomic E-state index is 13.5. The van der Waals surface area contributed by atoms with E-state index < -0.39 is 6.10 Å². The number of aryl methyl sites for hydroxylation is 1. The first-order valence-electron chi connectivity index (χ1n) is 13.0. The zero-order valence-electron chi connectivity index (χ0n) is 21.4. The molecule has 2 atom stereocenters. The Hall–Kier alpha value is -3.34. The molecule has 2 fully saturated rings. The van der Waals surface area contributed by atoms with Crippen LogP contribution in [0.5, 0.6) is 0 Å². The summed E-state index contributed by atoms with van der Waals surface area (Å²) in [7, 11) is 0. The molecule has 5 rings (SSSR count). The lowest BCUT2D eigenvalue weighted by Crippen LogP contribution is -2.54. The zero-order chi connectivity index (χ0) is 26.5. The summed E-state index contributed by atoms with van der Waals surface area (Å²) in [6.45, 7) is 4.82. The molecule has 11 heteroatoms. The van der Waals surface area contributed by atoms with Crippen LogP contribution in [0.1, 0.15) is 30.5 Å². The van der Waals surface area contributed by atoms with Crippen LogP contribution in [-0.2, 0) is 20.7 Å². The van der Waals surface area contributed by atoms with Gasteiger partial charge in [-0.05, 0) is 43.9 Å². The molecule has 10 nitrogen and oxygen atoms in total. The normalized spacial score (nSPS) is 19.5. The third kappa shape index (κ3) is 6.38. The smallest absolute Gasteiger partial charge is 0.258 e. The number of halogens is 1. The molecule has 2 aliphatic rings. The fraction of sp³-hybridized carbons (Fsp3) is 0.444. The number of aromatic nitrogens is 4. The van der Waals surface area contributed by atoms with E-state index in [4.69, 9.17) is 21.3 Å². The Morgan fingerprint density at radius 3 is 2.82 bits per heavy atom. The van der Waals surface area contributed by atoms with Gasteiger partial charge >= 0.3 is 0 Å². The van der Waals surface area contributed by atoms with Gasteiger partial charge in [-0.25, -0.2) is 9.97 Å². The fourth-order valence-electron chi connectivity index (χ4n) is 4.88. The number of carbonyl (C=O) groups excluding carboxylic acids is 2. The molecule has 200 valence electrons. The van der Waals surface area contributed by atoms with Gasteiger partial charge < -0.3 is 15.0 Å². The second-order valence-electron chi connectivity index (χ2n) is 9.70. The van der Waals surface area contributed by atoms with Crippen LogP contribution in [0.25, 0.3) is 5.95 Å². The number of benzene rings is 1. The van der Waals surface area contributed by atoms with E-state index in [0.29, 0.717) is 50.1 Å². The molecule has 2 amide bonds. The number of imidazole rings is 1. The minimum atomic E-state index is -0.550. The van der Waals surface area contributed by atoms with Crippen LogP contribution in [0.2, 0.25) is 5.02 Å².